The van der Waals surface area contributed by atoms with Crippen molar-refractivity contribution in [2.75, 3.05) is 0 Å². The Morgan fingerprint density at radius 2 is 1.77 bits per heavy atom. The highest BCUT2D eigenvalue weighted by Crippen LogP contribution is 2.26. The number of rotatable bonds is 3. The van der Waals surface area contributed by atoms with Gasteiger partial charge in [0.2, 0.25) is 0 Å². The van der Waals surface area contributed by atoms with E-state index in [1.54, 1.807) is 25.1 Å². The zero-order chi connectivity index (χ0) is 17.3. The van der Waals surface area contributed by atoms with E-state index in [1.807, 2.05) is 53.4 Å². The van der Waals surface area contributed by atoms with Crippen LogP contribution in [0.15, 0.2) is 90.4 Å². The third kappa shape index (κ3) is 2.46. The summed E-state index contributed by atoms with van der Waals surface area (Å²) in [4.78, 5) is 13.3. The highest BCUT2D eigenvalue weighted by Gasteiger charge is 2.09. The van der Waals surface area contributed by atoms with Crippen LogP contribution in [0.2, 0.25) is 0 Å². The van der Waals surface area contributed by atoms with Gasteiger partial charge in [-0.15, -0.1) is 0 Å². The SMILES string of the molecule is c1cncc(-c2cccc(-n3cnc4cc(-c5ccoc5)cnc43)c2)c1. The highest BCUT2D eigenvalue weighted by atomic mass is 16.3. The van der Waals surface area contributed by atoms with E-state index in [0.717, 1.165) is 39.1 Å². The van der Waals surface area contributed by atoms with Crippen LogP contribution < -0.4 is 0 Å². The van der Waals surface area contributed by atoms with Gasteiger partial charge < -0.3 is 4.42 Å². The molecule has 0 fully saturated rings. The first-order valence-electron chi connectivity index (χ1n) is 8.25. The number of furan rings is 1. The van der Waals surface area contributed by atoms with Crippen molar-refractivity contribution in [1.29, 1.82) is 0 Å². The number of benzene rings is 1. The van der Waals surface area contributed by atoms with Crippen molar-refractivity contribution in [3.05, 3.63) is 86.0 Å². The minimum atomic E-state index is 0.820. The number of hydrogen-bond acceptors (Lipinski definition) is 4. The van der Waals surface area contributed by atoms with Gasteiger partial charge in [-0.1, -0.05) is 18.2 Å². The Morgan fingerprint density at radius 1 is 0.808 bits per heavy atom. The van der Waals surface area contributed by atoms with Gasteiger partial charge in [-0.3, -0.25) is 9.55 Å². The second-order valence-corrected chi connectivity index (χ2v) is 5.99. The fraction of sp³-hybridized carbons (Fsp3) is 0. The Morgan fingerprint density at radius 3 is 2.62 bits per heavy atom. The molecule has 0 saturated heterocycles. The maximum Gasteiger partial charge on any atom is 0.164 e. The molecular formula is C21H14N4O. The lowest BCUT2D eigenvalue weighted by Crippen LogP contribution is -1.94. The van der Waals surface area contributed by atoms with Gasteiger partial charge in [-0.25, -0.2) is 9.97 Å². The monoisotopic (exact) mass is 338 g/mol. The molecule has 0 amide bonds. The lowest BCUT2D eigenvalue weighted by Gasteiger charge is -2.07. The maximum atomic E-state index is 5.15. The maximum absolute atomic E-state index is 5.15. The molecule has 4 heterocycles. The van der Waals surface area contributed by atoms with Crippen LogP contribution in [-0.4, -0.2) is 19.5 Å². The first-order chi connectivity index (χ1) is 12.9. The first-order valence-corrected chi connectivity index (χ1v) is 8.25. The normalized spacial score (nSPS) is 11.1. The first kappa shape index (κ1) is 14.6. The van der Waals surface area contributed by atoms with Crippen LogP contribution in [0, 0.1) is 0 Å². The van der Waals surface area contributed by atoms with Crippen LogP contribution in [0.1, 0.15) is 0 Å². The molecule has 1 aromatic carbocycles. The summed E-state index contributed by atoms with van der Waals surface area (Å²) in [6, 6.07) is 16.2. The van der Waals surface area contributed by atoms with Crippen LogP contribution in [0.3, 0.4) is 0 Å². The van der Waals surface area contributed by atoms with Gasteiger partial charge in [-0.05, 0) is 35.9 Å². The van der Waals surface area contributed by atoms with Crippen molar-refractivity contribution in [3.8, 4) is 27.9 Å². The Labute approximate surface area is 149 Å². The molecule has 5 aromatic rings. The topological polar surface area (TPSA) is 56.7 Å². The Balaban J connectivity index is 1.59. The summed E-state index contributed by atoms with van der Waals surface area (Å²) in [5, 5.41) is 0. The van der Waals surface area contributed by atoms with E-state index >= 15 is 0 Å². The minimum Gasteiger partial charge on any atom is -0.472 e. The predicted molar refractivity (Wildman–Crippen MR) is 99.8 cm³/mol. The van der Waals surface area contributed by atoms with Gasteiger partial charge in [-0.2, -0.15) is 0 Å². The summed E-state index contributed by atoms with van der Waals surface area (Å²) in [6.07, 6.45) is 10.6. The average molecular weight is 338 g/mol. The smallest absolute Gasteiger partial charge is 0.164 e. The van der Waals surface area contributed by atoms with E-state index in [9.17, 15) is 0 Å². The van der Waals surface area contributed by atoms with Crippen molar-refractivity contribution in [1.82, 2.24) is 19.5 Å². The van der Waals surface area contributed by atoms with E-state index in [0.29, 0.717) is 0 Å². The number of hydrogen-bond donors (Lipinski definition) is 0. The van der Waals surface area contributed by atoms with Crippen molar-refractivity contribution >= 4 is 11.2 Å². The van der Waals surface area contributed by atoms with Gasteiger partial charge >= 0.3 is 0 Å². The molecule has 0 aliphatic heterocycles. The molecule has 0 bridgehead atoms. The molecule has 5 nitrogen and oxygen atoms in total. The van der Waals surface area contributed by atoms with Crippen molar-refractivity contribution in [2.24, 2.45) is 0 Å². The third-order valence-corrected chi connectivity index (χ3v) is 4.36. The Bertz CT molecular complexity index is 1180. The molecule has 5 rings (SSSR count). The summed E-state index contributed by atoms with van der Waals surface area (Å²) < 4.78 is 7.15. The molecule has 5 heteroatoms. The summed E-state index contributed by atoms with van der Waals surface area (Å²) in [5.41, 5.74) is 6.84. The van der Waals surface area contributed by atoms with Crippen LogP contribution in [-0.2, 0) is 0 Å². The highest BCUT2D eigenvalue weighted by molar-refractivity contribution is 5.79. The molecule has 0 saturated carbocycles. The van der Waals surface area contributed by atoms with Gasteiger partial charge in [0.25, 0.3) is 0 Å². The third-order valence-electron chi connectivity index (χ3n) is 4.36. The number of pyridine rings is 2. The van der Waals surface area contributed by atoms with E-state index in [-0.39, 0.29) is 0 Å². The molecule has 124 valence electrons. The zero-order valence-electron chi connectivity index (χ0n) is 13.8. The Kier molecular flexibility index (Phi) is 3.35. The van der Waals surface area contributed by atoms with Gasteiger partial charge in [0.1, 0.15) is 11.8 Å². The van der Waals surface area contributed by atoms with Crippen LogP contribution in [0.5, 0.6) is 0 Å². The number of aromatic nitrogens is 4. The van der Waals surface area contributed by atoms with Crippen LogP contribution in [0.25, 0.3) is 39.1 Å². The molecular weight excluding hydrogens is 324 g/mol. The summed E-state index contributed by atoms with van der Waals surface area (Å²) in [7, 11) is 0. The molecule has 0 spiro atoms. The second-order valence-electron chi connectivity index (χ2n) is 5.99. The van der Waals surface area contributed by atoms with Crippen LogP contribution in [0.4, 0.5) is 0 Å². The van der Waals surface area contributed by atoms with E-state index < -0.39 is 0 Å². The van der Waals surface area contributed by atoms with Crippen molar-refractivity contribution in [3.63, 3.8) is 0 Å². The largest absolute Gasteiger partial charge is 0.472 e. The molecule has 0 aliphatic rings. The van der Waals surface area contributed by atoms with E-state index in [4.69, 9.17) is 4.42 Å². The van der Waals surface area contributed by atoms with Gasteiger partial charge in [0.05, 0.1) is 12.5 Å². The predicted octanol–water partition coefficient (Wildman–Crippen LogP) is 4.74. The minimum absolute atomic E-state index is 0.820. The van der Waals surface area contributed by atoms with E-state index in [2.05, 4.69) is 27.1 Å². The molecule has 0 aliphatic carbocycles. The number of fused-ring (bicyclic) bond motifs is 1. The number of nitrogens with zero attached hydrogens (tertiary/aromatic N) is 4. The molecule has 4 aromatic heterocycles. The molecule has 0 N–H and O–H groups in total. The number of imidazole rings is 1. The van der Waals surface area contributed by atoms with E-state index in [1.165, 1.54) is 0 Å². The van der Waals surface area contributed by atoms with Gasteiger partial charge in [0, 0.05) is 41.0 Å². The fourth-order valence-corrected chi connectivity index (χ4v) is 3.05. The summed E-state index contributed by atoms with van der Waals surface area (Å²) in [5.74, 6) is 0. The standard InChI is InChI=1S/C21H14N4O/c1-3-15(16-4-2-7-22-11-16)9-19(5-1)25-14-24-20-10-18(12-23-21(20)25)17-6-8-26-13-17/h1-14H. The quantitative estimate of drug-likeness (QED) is 0.477. The second kappa shape index (κ2) is 5.97. The lowest BCUT2D eigenvalue weighted by molar-refractivity contribution is 0.568. The van der Waals surface area contributed by atoms with Crippen LogP contribution >= 0.6 is 0 Å². The van der Waals surface area contributed by atoms with Crippen molar-refractivity contribution < 1.29 is 4.42 Å². The molecule has 0 unspecified atom stereocenters. The average Bonchev–Trinajstić information content (AvgIpc) is 3.38. The molecule has 0 radical (unpaired) electrons. The van der Waals surface area contributed by atoms with Gasteiger partial charge in [0.15, 0.2) is 5.65 Å². The zero-order valence-corrected chi connectivity index (χ0v) is 13.8. The summed E-state index contributed by atoms with van der Waals surface area (Å²) in [6.45, 7) is 0. The fourth-order valence-electron chi connectivity index (χ4n) is 3.05. The Hall–Kier alpha value is -3.73. The lowest BCUT2D eigenvalue weighted by atomic mass is 10.1. The van der Waals surface area contributed by atoms with Crippen molar-refractivity contribution in [2.45, 2.75) is 0 Å². The molecule has 0 atom stereocenters. The molecule has 26 heavy (non-hydrogen) atoms. The summed E-state index contributed by atoms with van der Waals surface area (Å²) >= 11 is 0.